The van der Waals surface area contributed by atoms with Gasteiger partial charge in [0.05, 0.1) is 25.7 Å². The second kappa shape index (κ2) is 41.1. The lowest BCUT2D eigenvalue weighted by Crippen LogP contribution is -2.31. The molecule has 14 nitrogen and oxygen atoms in total. The summed E-state index contributed by atoms with van der Waals surface area (Å²) in [4.78, 5) is 82.1. The van der Waals surface area contributed by atoms with Crippen LogP contribution < -0.4 is 10.6 Å². The van der Waals surface area contributed by atoms with Crippen molar-refractivity contribution in [1.82, 2.24) is 10.6 Å². The molecule has 0 saturated heterocycles. The number of aliphatic carboxylic acids is 2. The molecular formula is C46H82N2O12. The molecule has 348 valence electrons. The van der Waals surface area contributed by atoms with Crippen LogP contribution in [0.1, 0.15) is 187 Å². The molecule has 0 radical (unpaired) electrons. The van der Waals surface area contributed by atoms with Crippen LogP contribution in [0.15, 0.2) is 0 Å². The molecule has 60 heavy (non-hydrogen) atoms. The molecule has 0 rings (SSSR count). The van der Waals surface area contributed by atoms with Crippen molar-refractivity contribution < 1.29 is 58.0 Å². The molecule has 0 aliphatic heterocycles. The number of carboxylic acid groups (broad SMARTS) is 2. The fraction of sp³-hybridized carbons (Fsp3) is 0.848. The smallest absolute Gasteiger partial charge is 0.306 e. The van der Waals surface area contributed by atoms with Crippen molar-refractivity contribution in [3.63, 3.8) is 0 Å². The number of nitrogens with one attached hydrogen (secondary N) is 2. The first-order valence-corrected chi connectivity index (χ1v) is 23.2. The van der Waals surface area contributed by atoms with Crippen LogP contribution in [-0.2, 0) is 47.8 Å². The lowest BCUT2D eigenvalue weighted by Gasteiger charge is -2.11. The molecule has 4 N–H and O–H groups in total. The van der Waals surface area contributed by atoms with E-state index < -0.39 is 17.9 Å². The van der Waals surface area contributed by atoms with Crippen LogP contribution in [-0.4, -0.2) is 104 Å². The van der Waals surface area contributed by atoms with E-state index in [0.717, 1.165) is 83.5 Å². The van der Waals surface area contributed by atoms with E-state index in [1.807, 2.05) is 6.92 Å². The molecular weight excluding hydrogens is 773 g/mol. The summed E-state index contributed by atoms with van der Waals surface area (Å²) in [6.07, 6.45) is 22.5. The number of Topliss-reactive ketones (excluding diaryl/α,β-unsaturated/α-hetero) is 3. The zero-order chi connectivity index (χ0) is 44.5. The Balaban J connectivity index is 3.65. The predicted molar refractivity (Wildman–Crippen MR) is 232 cm³/mol. The Morgan fingerprint density at radius 2 is 0.933 bits per heavy atom. The van der Waals surface area contributed by atoms with Crippen molar-refractivity contribution in [2.45, 2.75) is 187 Å². The minimum atomic E-state index is -1.02. The third-order valence-corrected chi connectivity index (χ3v) is 10.7. The lowest BCUT2D eigenvalue weighted by molar-refractivity contribution is -0.144. The zero-order valence-electron chi connectivity index (χ0n) is 37.4. The van der Waals surface area contributed by atoms with E-state index in [1.165, 1.54) is 44.9 Å². The third kappa shape index (κ3) is 40.2. The first-order valence-electron chi connectivity index (χ1n) is 23.2. The van der Waals surface area contributed by atoms with Gasteiger partial charge in [0.1, 0.15) is 30.6 Å². The molecule has 0 spiro atoms. The third-order valence-electron chi connectivity index (χ3n) is 10.7. The van der Waals surface area contributed by atoms with Crippen molar-refractivity contribution >= 4 is 41.1 Å². The largest absolute Gasteiger partial charge is 0.481 e. The number of unbranched alkanes of at least 4 members (excludes halogenated alkanes) is 17. The van der Waals surface area contributed by atoms with E-state index in [-0.39, 0.29) is 80.6 Å². The van der Waals surface area contributed by atoms with Gasteiger partial charge in [-0.3, -0.25) is 33.6 Å². The SMILES string of the molecule is CC(=O)[C@@H](C)CCCCNC(=O)COCCOCCNC(=O)COCCCCCCC(=O)CC[C@H](CC(=O)CCCCCCCCCCCCCCCCC(=O)O)C(=O)O. The Labute approximate surface area is 360 Å². The monoisotopic (exact) mass is 855 g/mol. The zero-order valence-corrected chi connectivity index (χ0v) is 37.4. The van der Waals surface area contributed by atoms with Gasteiger partial charge in [-0.1, -0.05) is 103 Å². The molecule has 0 aromatic heterocycles. The first-order chi connectivity index (χ1) is 28.9. The summed E-state index contributed by atoms with van der Waals surface area (Å²) in [5.74, 6) is -2.76. The van der Waals surface area contributed by atoms with Gasteiger partial charge in [0.2, 0.25) is 11.8 Å². The summed E-state index contributed by atoms with van der Waals surface area (Å²) in [5, 5.41) is 23.8. The maximum Gasteiger partial charge on any atom is 0.306 e. The molecule has 2 atom stereocenters. The molecule has 14 heteroatoms. The molecule has 0 aliphatic carbocycles. The maximum atomic E-state index is 12.5. The van der Waals surface area contributed by atoms with Gasteiger partial charge in [0, 0.05) is 57.7 Å². The molecule has 0 aromatic rings. The molecule has 2 amide bonds. The molecule has 0 heterocycles. The number of ether oxygens (including phenoxy) is 3. The minimum absolute atomic E-state index is 0.0123. The lowest BCUT2D eigenvalue weighted by atomic mass is 9.93. The number of hydrogen-bond acceptors (Lipinski definition) is 10. The van der Waals surface area contributed by atoms with Crippen LogP contribution >= 0.6 is 0 Å². The summed E-state index contributed by atoms with van der Waals surface area (Å²) in [6, 6.07) is 0. The number of carbonyl (C=O) groups is 7. The second-order valence-corrected chi connectivity index (χ2v) is 16.3. The summed E-state index contributed by atoms with van der Waals surface area (Å²) in [6.45, 7) is 5.57. The van der Waals surface area contributed by atoms with E-state index in [1.54, 1.807) is 6.92 Å². The highest BCUT2D eigenvalue weighted by molar-refractivity contribution is 5.84. The summed E-state index contributed by atoms with van der Waals surface area (Å²) < 4.78 is 16.1. The van der Waals surface area contributed by atoms with E-state index in [2.05, 4.69) is 10.6 Å². The standard InChI is InChI=1S/C46H82N2O12/c1-38(39(2)49)23-20-21-29-47-43(52)37-60-34-33-58-32-30-48-44(53)36-59-31-22-16-15-17-24-41(50)28-27-40(46(56)57)35-42(51)25-18-13-11-9-7-5-3-4-6-8-10-12-14-19-26-45(54)55/h38,40H,3-37H2,1-2H3,(H,47,52)(H,48,53)(H,54,55)(H,56,57)/t38-,40+/m0/s1. The molecule has 0 fully saturated rings. The number of carboxylic acids is 2. The Kier molecular flexibility index (Phi) is 38.9. The van der Waals surface area contributed by atoms with Crippen LogP contribution in [0, 0.1) is 11.8 Å². The Morgan fingerprint density at radius 1 is 0.467 bits per heavy atom. The van der Waals surface area contributed by atoms with E-state index in [9.17, 15) is 38.7 Å². The fourth-order valence-electron chi connectivity index (χ4n) is 6.67. The Hall–Kier alpha value is -3.23. The quantitative estimate of drug-likeness (QED) is 0.0430. The molecule has 0 bridgehead atoms. The average molecular weight is 855 g/mol. The number of hydrogen-bond donors (Lipinski definition) is 4. The second-order valence-electron chi connectivity index (χ2n) is 16.3. The molecule has 0 aromatic carbocycles. The summed E-state index contributed by atoms with van der Waals surface area (Å²) in [7, 11) is 0. The Morgan fingerprint density at radius 3 is 1.47 bits per heavy atom. The van der Waals surface area contributed by atoms with Gasteiger partial charge >= 0.3 is 11.9 Å². The van der Waals surface area contributed by atoms with E-state index >= 15 is 0 Å². The number of ketones is 3. The summed E-state index contributed by atoms with van der Waals surface area (Å²) >= 11 is 0. The van der Waals surface area contributed by atoms with E-state index in [0.29, 0.717) is 52.2 Å². The molecule has 0 saturated carbocycles. The van der Waals surface area contributed by atoms with Crippen LogP contribution in [0.2, 0.25) is 0 Å². The van der Waals surface area contributed by atoms with Gasteiger partial charge in [-0.25, -0.2) is 0 Å². The van der Waals surface area contributed by atoms with Gasteiger partial charge < -0.3 is 35.1 Å². The van der Waals surface area contributed by atoms with Gasteiger partial charge in [0.25, 0.3) is 0 Å². The van der Waals surface area contributed by atoms with E-state index in [4.69, 9.17) is 19.3 Å². The van der Waals surface area contributed by atoms with Crippen LogP contribution in [0.3, 0.4) is 0 Å². The predicted octanol–water partition coefficient (Wildman–Crippen LogP) is 7.95. The molecule has 0 unspecified atom stereocenters. The molecule has 0 aliphatic rings. The van der Waals surface area contributed by atoms with Crippen molar-refractivity contribution in [1.29, 1.82) is 0 Å². The van der Waals surface area contributed by atoms with Crippen LogP contribution in [0.4, 0.5) is 0 Å². The van der Waals surface area contributed by atoms with Gasteiger partial charge in [-0.15, -0.1) is 0 Å². The van der Waals surface area contributed by atoms with Crippen LogP contribution in [0.25, 0.3) is 0 Å². The van der Waals surface area contributed by atoms with Crippen molar-refractivity contribution in [3.8, 4) is 0 Å². The highest BCUT2D eigenvalue weighted by Crippen LogP contribution is 2.18. The van der Waals surface area contributed by atoms with Gasteiger partial charge in [-0.05, 0) is 51.9 Å². The number of rotatable bonds is 46. The van der Waals surface area contributed by atoms with Crippen molar-refractivity contribution in [2.24, 2.45) is 11.8 Å². The Bertz CT molecular complexity index is 1160. The highest BCUT2D eigenvalue weighted by Gasteiger charge is 2.22. The van der Waals surface area contributed by atoms with Crippen molar-refractivity contribution in [3.05, 3.63) is 0 Å². The number of amides is 2. The van der Waals surface area contributed by atoms with Crippen molar-refractivity contribution in [2.75, 3.05) is 52.7 Å². The average Bonchev–Trinajstić information content (AvgIpc) is 3.20. The first kappa shape index (κ1) is 56.8. The van der Waals surface area contributed by atoms with Gasteiger partial charge in [0.15, 0.2) is 0 Å². The summed E-state index contributed by atoms with van der Waals surface area (Å²) in [5.41, 5.74) is 0. The minimum Gasteiger partial charge on any atom is -0.481 e. The number of carbonyl (C=O) groups excluding carboxylic acids is 5. The fourth-order valence-corrected chi connectivity index (χ4v) is 6.67. The van der Waals surface area contributed by atoms with Crippen LogP contribution in [0.5, 0.6) is 0 Å². The highest BCUT2D eigenvalue weighted by atomic mass is 16.5. The maximum absolute atomic E-state index is 12.5. The topological polar surface area (TPSA) is 212 Å². The van der Waals surface area contributed by atoms with Gasteiger partial charge in [-0.2, -0.15) is 0 Å². The normalized spacial score (nSPS) is 12.2.